The summed E-state index contributed by atoms with van der Waals surface area (Å²) < 4.78 is 8.63. The summed E-state index contributed by atoms with van der Waals surface area (Å²) in [7, 11) is 0. The lowest BCUT2D eigenvalue weighted by molar-refractivity contribution is -0.0765. The van der Waals surface area contributed by atoms with Gasteiger partial charge >= 0.3 is 0 Å². The number of morpholine rings is 1. The molecule has 1 aromatic rings. The Morgan fingerprint density at radius 2 is 2.26 bits per heavy atom. The molecular weight excluding hydrogens is 308 g/mol. The van der Waals surface area contributed by atoms with Crippen molar-refractivity contribution in [2.45, 2.75) is 39.3 Å². The van der Waals surface area contributed by atoms with Gasteiger partial charge in [-0.1, -0.05) is 6.92 Å². The highest BCUT2D eigenvalue weighted by atomic mass is 79.9. The van der Waals surface area contributed by atoms with Gasteiger partial charge in [-0.05, 0) is 42.3 Å². The van der Waals surface area contributed by atoms with E-state index in [0.29, 0.717) is 19.7 Å². The van der Waals surface area contributed by atoms with E-state index in [1.165, 1.54) is 0 Å². The molecule has 1 saturated heterocycles. The number of aryl methyl sites for hydroxylation is 1. The summed E-state index contributed by atoms with van der Waals surface area (Å²) in [4.78, 5) is 14.5. The molecule has 0 atom stereocenters. The van der Waals surface area contributed by atoms with Crippen LogP contribution in [0.25, 0.3) is 0 Å². The van der Waals surface area contributed by atoms with Crippen LogP contribution in [-0.4, -0.2) is 40.7 Å². The fourth-order valence-electron chi connectivity index (χ4n) is 2.43. The predicted octanol–water partition coefficient (Wildman–Crippen LogP) is 2.91. The highest BCUT2D eigenvalue weighted by Gasteiger charge is 2.31. The van der Waals surface area contributed by atoms with Crippen LogP contribution in [0.2, 0.25) is 0 Å². The fraction of sp³-hybridized carbons (Fsp3) is 0.643. The third-order valence-electron chi connectivity index (χ3n) is 3.26. The number of carbonyl (C=O) groups excluding carboxylic acids is 1. The van der Waals surface area contributed by atoms with Crippen molar-refractivity contribution in [1.82, 2.24) is 9.47 Å². The number of hydrogen-bond donors (Lipinski definition) is 0. The molecule has 0 aliphatic carbocycles. The van der Waals surface area contributed by atoms with Gasteiger partial charge in [-0.15, -0.1) is 0 Å². The second-order valence-corrected chi connectivity index (χ2v) is 6.49. The van der Waals surface area contributed by atoms with E-state index in [-0.39, 0.29) is 11.5 Å². The standard InChI is InChI=1S/C14H21BrN2O2/c1-4-5-16-9-11(15)8-12(16)13(18)17-6-7-19-14(2,3)10-17/h8-9H,4-7,10H2,1-3H3. The van der Waals surface area contributed by atoms with E-state index in [2.05, 4.69) is 22.9 Å². The Bertz CT molecular complexity index is 468. The largest absolute Gasteiger partial charge is 0.372 e. The van der Waals surface area contributed by atoms with Crippen LogP contribution >= 0.6 is 15.9 Å². The molecule has 2 rings (SSSR count). The van der Waals surface area contributed by atoms with Crippen molar-refractivity contribution in [2.24, 2.45) is 0 Å². The number of halogens is 1. The minimum absolute atomic E-state index is 0.0931. The number of nitrogens with zero attached hydrogens (tertiary/aromatic N) is 2. The lowest BCUT2D eigenvalue weighted by Gasteiger charge is -2.38. The average Bonchev–Trinajstić information content (AvgIpc) is 2.68. The molecule has 4 nitrogen and oxygen atoms in total. The van der Waals surface area contributed by atoms with Gasteiger partial charge in [-0.25, -0.2) is 0 Å². The van der Waals surface area contributed by atoms with Crippen LogP contribution in [-0.2, 0) is 11.3 Å². The highest BCUT2D eigenvalue weighted by molar-refractivity contribution is 9.10. The van der Waals surface area contributed by atoms with Crippen LogP contribution < -0.4 is 0 Å². The summed E-state index contributed by atoms with van der Waals surface area (Å²) in [5.41, 5.74) is 0.499. The van der Waals surface area contributed by atoms with Crippen LogP contribution in [0.15, 0.2) is 16.7 Å². The van der Waals surface area contributed by atoms with E-state index in [1.54, 1.807) is 0 Å². The number of carbonyl (C=O) groups is 1. The van der Waals surface area contributed by atoms with E-state index >= 15 is 0 Å². The molecule has 0 radical (unpaired) electrons. The molecule has 0 spiro atoms. The van der Waals surface area contributed by atoms with Gasteiger partial charge < -0.3 is 14.2 Å². The Balaban J connectivity index is 2.19. The Labute approximate surface area is 122 Å². The Kier molecular flexibility index (Phi) is 4.36. The summed E-state index contributed by atoms with van der Waals surface area (Å²) in [6.45, 7) is 8.92. The molecule has 1 fully saturated rings. The van der Waals surface area contributed by atoms with Crippen molar-refractivity contribution >= 4 is 21.8 Å². The summed E-state index contributed by atoms with van der Waals surface area (Å²) in [5, 5.41) is 0. The zero-order chi connectivity index (χ0) is 14.0. The van der Waals surface area contributed by atoms with Gasteiger partial charge in [0.15, 0.2) is 0 Å². The summed E-state index contributed by atoms with van der Waals surface area (Å²) in [6.07, 6.45) is 2.98. The van der Waals surface area contributed by atoms with Crippen LogP contribution in [0, 0.1) is 0 Å². The third-order valence-corrected chi connectivity index (χ3v) is 3.69. The molecule has 0 bridgehead atoms. The first-order valence-corrected chi connectivity index (χ1v) is 7.51. The van der Waals surface area contributed by atoms with Crippen molar-refractivity contribution in [2.75, 3.05) is 19.7 Å². The third kappa shape index (κ3) is 3.39. The maximum atomic E-state index is 12.6. The Morgan fingerprint density at radius 3 is 2.89 bits per heavy atom. The lowest BCUT2D eigenvalue weighted by atomic mass is 10.1. The lowest BCUT2D eigenvalue weighted by Crippen LogP contribution is -2.50. The minimum atomic E-state index is -0.257. The van der Waals surface area contributed by atoms with Crippen molar-refractivity contribution in [3.63, 3.8) is 0 Å². The van der Waals surface area contributed by atoms with Gasteiger partial charge in [0.25, 0.3) is 5.91 Å². The molecule has 1 aliphatic heterocycles. The molecule has 0 saturated carbocycles. The number of hydrogen-bond acceptors (Lipinski definition) is 2. The zero-order valence-corrected chi connectivity index (χ0v) is 13.4. The number of ether oxygens (including phenoxy) is 1. The van der Waals surface area contributed by atoms with Crippen molar-refractivity contribution in [3.05, 3.63) is 22.4 Å². The SMILES string of the molecule is CCCn1cc(Br)cc1C(=O)N1CCOC(C)(C)C1. The molecule has 106 valence electrons. The Morgan fingerprint density at radius 1 is 1.53 bits per heavy atom. The van der Waals surface area contributed by atoms with E-state index in [1.807, 2.05) is 35.6 Å². The Hall–Kier alpha value is -0.810. The van der Waals surface area contributed by atoms with Crippen LogP contribution in [0.1, 0.15) is 37.7 Å². The molecule has 1 aliphatic rings. The summed E-state index contributed by atoms with van der Waals surface area (Å²) in [5.74, 6) is 0.0931. The molecule has 0 unspecified atom stereocenters. The minimum Gasteiger partial charge on any atom is -0.372 e. The first-order chi connectivity index (χ1) is 8.93. The smallest absolute Gasteiger partial charge is 0.270 e. The molecule has 0 N–H and O–H groups in total. The van der Waals surface area contributed by atoms with Crippen molar-refractivity contribution < 1.29 is 9.53 Å². The van der Waals surface area contributed by atoms with Gasteiger partial charge in [-0.3, -0.25) is 4.79 Å². The fourth-order valence-corrected chi connectivity index (χ4v) is 2.90. The van der Waals surface area contributed by atoms with E-state index in [9.17, 15) is 4.79 Å². The molecule has 19 heavy (non-hydrogen) atoms. The number of amides is 1. The van der Waals surface area contributed by atoms with Gasteiger partial charge in [-0.2, -0.15) is 0 Å². The van der Waals surface area contributed by atoms with Gasteiger partial charge in [0.05, 0.1) is 12.2 Å². The number of rotatable bonds is 3. The second kappa shape index (κ2) is 5.67. The molecule has 0 aromatic carbocycles. The molecule has 5 heteroatoms. The molecule has 2 heterocycles. The van der Waals surface area contributed by atoms with E-state index < -0.39 is 0 Å². The second-order valence-electron chi connectivity index (χ2n) is 5.57. The molecular formula is C14H21BrN2O2. The summed E-state index contributed by atoms with van der Waals surface area (Å²) >= 11 is 3.45. The van der Waals surface area contributed by atoms with Gasteiger partial charge in [0, 0.05) is 30.3 Å². The quantitative estimate of drug-likeness (QED) is 0.855. The van der Waals surface area contributed by atoms with Gasteiger partial charge in [0.2, 0.25) is 0 Å². The monoisotopic (exact) mass is 328 g/mol. The first-order valence-electron chi connectivity index (χ1n) is 6.72. The van der Waals surface area contributed by atoms with Crippen LogP contribution in [0.3, 0.4) is 0 Å². The molecule has 1 amide bonds. The van der Waals surface area contributed by atoms with Crippen LogP contribution in [0.5, 0.6) is 0 Å². The zero-order valence-electron chi connectivity index (χ0n) is 11.8. The van der Waals surface area contributed by atoms with Crippen molar-refractivity contribution in [1.29, 1.82) is 0 Å². The van der Waals surface area contributed by atoms with E-state index in [4.69, 9.17) is 4.74 Å². The summed E-state index contributed by atoms with van der Waals surface area (Å²) in [6, 6.07) is 1.90. The first kappa shape index (κ1) is 14.6. The topological polar surface area (TPSA) is 34.5 Å². The number of aromatic nitrogens is 1. The molecule has 1 aromatic heterocycles. The van der Waals surface area contributed by atoms with Crippen molar-refractivity contribution in [3.8, 4) is 0 Å². The van der Waals surface area contributed by atoms with E-state index in [0.717, 1.165) is 23.1 Å². The average molecular weight is 329 g/mol. The van der Waals surface area contributed by atoms with Gasteiger partial charge in [0.1, 0.15) is 5.69 Å². The van der Waals surface area contributed by atoms with Crippen LogP contribution in [0.4, 0.5) is 0 Å². The predicted molar refractivity (Wildman–Crippen MR) is 78.4 cm³/mol. The highest BCUT2D eigenvalue weighted by Crippen LogP contribution is 2.21. The maximum Gasteiger partial charge on any atom is 0.270 e. The maximum absolute atomic E-state index is 12.6. The normalized spacial score (nSPS) is 18.6.